The first-order valence-electron chi connectivity index (χ1n) is 14.6. The Kier molecular flexibility index (Phi) is 7.90. The van der Waals surface area contributed by atoms with Gasteiger partial charge in [-0.15, -0.1) is 22.7 Å². The lowest BCUT2D eigenvalue weighted by atomic mass is 9.94. The second-order valence-electron chi connectivity index (χ2n) is 10.8. The Morgan fingerprint density at radius 1 is 1.13 bits per heavy atom. The maximum absolute atomic E-state index is 14.6. The minimum absolute atomic E-state index is 0. The SMILES string of the molecule is C=CC(=O)N1CCc2nc(-c3nc(-c4ccc5c(c4)CCNC5=O)c4ccsc4c3-c3ccc(F)cc3OCCOC)sc2C1.[HH]. The molecule has 0 radical (unpaired) electrons. The van der Waals surface area contributed by atoms with Crippen molar-refractivity contribution in [2.45, 2.75) is 19.4 Å². The molecular formula is C34H31FN4O4S2. The molecule has 2 aliphatic rings. The highest BCUT2D eigenvalue weighted by molar-refractivity contribution is 7.18. The fraction of sp³-hybridized carbons (Fsp3) is 0.235. The van der Waals surface area contributed by atoms with Crippen molar-refractivity contribution in [3.63, 3.8) is 0 Å². The average molecular weight is 643 g/mol. The lowest BCUT2D eigenvalue weighted by Gasteiger charge is -2.24. The number of ether oxygens (including phenoxy) is 2. The molecular weight excluding hydrogens is 612 g/mol. The molecule has 11 heteroatoms. The lowest BCUT2D eigenvalue weighted by molar-refractivity contribution is -0.126. The monoisotopic (exact) mass is 642 g/mol. The van der Waals surface area contributed by atoms with Crippen LogP contribution in [0.3, 0.4) is 0 Å². The fourth-order valence-corrected chi connectivity index (χ4v) is 7.97. The molecule has 3 aromatic heterocycles. The van der Waals surface area contributed by atoms with E-state index < -0.39 is 5.82 Å². The molecule has 0 bridgehead atoms. The van der Waals surface area contributed by atoms with Gasteiger partial charge < -0.3 is 19.7 Å². The van der Waals surface area contributed by atoms with Crippen LogP contribution < -0.4 is 10.1 Å². The molecule has 2 amide bonds. The number of aromatic nitrogens is 2. The molecule has 5 aromatic rings. The van der Waals surface area contributed by atoms with E-state index in [0.717, 1.165) is 49.5 Å². The minimum Gasteiger partial charge on any atom is -0.490 e. The Balaban J connectivity index is 0.00000372. The number of hydrogen-bond donors (Lipinski definition) is 1. The highest BCUT2D eigenvalue weighted by Gasteiger charge is 2.28. The number of fused-ring (bicyclic) bond motifs is 3. The smallest absolute Gasteiger partial charge is 0.251 e. The van der Waals surface area contributed by atoms with Crippen molar-refractivity contribution in [3.8, 4) is 38.8 Å². The van der Waals surface area contributed by atoms with Crippen LogP contribution in [0.1, 0.15) is 27.9 Å². The van der Waals surface area contributed by atoms with Gasteiger partial charge in [0, 0.05) is 71.3 Å². The van der Waals surface area contributed by atoms with Crippen LogP contribution in [0.5, 0.6) is 5.75 Å². The standard InChI is InChI=1S/C34H29FN4O4S2.H2/c1-3-28(40)39-12-9-25-27(18-39)45-34(37-25)31-29(23-7-5-21(35)17-26(23)43-14-13-42-2)32-24(10-15-44-32)30(38-31)20-4-6-22-19(16-20)8-11-36-33(22)41;/h3-7,10,15-17H,1,8-9,11-14,18H2,2H3,(H,36,41);1H. The summed E-state index contributed by atoms with van der Waals surface area (Å²) in [6.07, 6.45) is 2.71. The molecule has 7 rings (SSSR count). The highest BCUT2D eigenvalue weighted by atomic mass is 32.1. The number of rotatable bonds is 8. The number of pyridine rings is 1. The van der Waals surface area contributed by atoms with Crippen LogP contribution in [0.2, 0.25) is 0 Å². The quantitative estimate of drug-likeness (QED) is 0.153. The predicted molar refractivity (Wildman–Crippen MR) is 176 cm³/mol. The topological polar surface area (TPSA) is 93.7 Å². The first-order chi connectivity index (χ1) is 21.9. The number of nitrogens with one attached hydrogen (secondary N) is 1. The molecule has 0 saturated heterocycles. The summed E-state index contributed by atoms with van der Waals surface area (Å²) in [5.41, 5.74) is 6.44. The number of carbonyl (C=O) groups is 2. The lowest BCUT2D eigenvalue weighted by Crippen LogP contribution is -2.34. The van der Waals surface area contributed by atoms with Crippen LogP contribution in [0.4, 0.5) is 4.39 Å². The van der Waals surface area contributed by atoms with E-state index in [1.54, 1.807) is 29.4 Å². The highest BCUT2D eigenvalue weighted by Crippen LogP contribution is 2.47. The number of thiazole rings is 1. The number of hydrogen-bond acceptors (Lipinski definition) is 8. The summed E-state index contributed by atoms with van der Waals surface area (Å²) in [6.45, 7) is 5.86. The molecule has 0 spiro atoms. The summed E-state index contributed by atoms with van der Waals surface area (Å²) in [4.78, 5) is 38.0. The normalized spacial score (nSPS) is 14.2. The molecule has 0 atom stereocenters. The van der Waals surface area contributed by atoms with Crippen molar-refractivity contribution in [3.05, 3.63) is 88.0 Å². The molecule has 5 heterocycles. The Bertz CT molecular complexity index is 1990. The van der Waals surface area contributed by atoms with E-state index in [9.17, 15) is 14.0 Å². The predicted octanol–water partition coefficient (Wildman–Crippen LogP) is 6.52. The number of nitrogens with zero attached hydrogens (tertiary/aromatic N) is 3. The average Bonchev–Trinajstić information content (AvgIpc) is 3.71. The van der Waals surface area contributed by atoms with Gasteiger partial charge in [-0.05, 0) is 53.8 Å². The summed E-state index contributed by atoms with van der Waals surface area (Å²) < 4.78 is 26.8. The van der Waals surface area contributed by atoms with Crippen molar-refractivity contribution in [1.82, 2.24) is 20.2 Å². The summed E-state index contributed by atoms with van der Waals surface area (Å²) in [5.74, 6) is -0.194. The van der Waals surface area contributed by atoms with Gasteiger partial charge in [0.2, 0.25) is 5.91 Å². The Labute approximate surface area is 268 Å². The maximum Gasteiger partial charge on any atom is 0.251 e. The molecule has 0 saturated carbocycles. The summed E-state index contributed by atoms with van der Waals surface area (Å²) in [5, 5.41) is 6.58. The Hall–Kier alpha value is -4.45. The fourth-order valence-electron chi connectivity index (χ4n) is 5.90. The van der Waals surface area contributed by atoms with Crippen LogP contribution in [-0.4, -0.2) is 60.1 Å². The Morgan fingerprint density at radius 3 is 2.84 bits per heavy atom. The van der Waals surface area contributed by atoms with Crippen molar-refractivity contribution < 1.29 is 24.9 Å². The van der Waals surface area contributed by atoms with E-state index in [1.165, 1.54) is 29.5 Å². The molecule has 230 valence electrons. The number of thiophene rings is 1. The van der Waals surface area contributed by atoms with Crippen LogP contribution in [0, 0.1) is 5.82 Å². The first-order valence-corrected chi connectivity index (χ1v) is 16.3. The van der Waals surface area contributed by atoms with Gasteiger partial charge in [0.05, 0.1) is 24.5 Å². The number of methoxy groups -OCH3 is 1. The Morgan fingerprint density at radius 2 is 2.00 bits per heavy atom. The zero-order valence-corrected chi connectivity index (χ0v) is 26.2. The largest absolute Gasteiger partial charge is 0.490 e. The number of amides is 2. The third kappa shape index (κ3) is 5.41. The van der Waals surface area contributed by atoms with Crippen molar-refractivity contribution in [2.24, 2.45) is 0 Å². The van der Waals surface area contributed by atoms with E-state index in [0.29, 0.717) is 60.2 Å². The van der Waals surface area contributed by atoms with Crippen molar-refractivity contribution in [1.29, 1.82) is 0 Å². The van der Waals surface area contributed by atoms with E-state index in [-0.39, 0.29) is 19.8 Å². The minimum atomic E-state index is -0.408. The van der Waals surface area contributed by atoms with Crippen molar-refractivity contribution >= 4 is 44.6 Å². The van der Waals surface area contributed by atoms with Gasteiger partial charge in [-0.2, -0.15) is 0 Å². The van der Waals surface area contributed by atoms with Gasteiger partial charge >= 0.3 is 0 Å². The van der Waals surface area contributed by atoms with Crippen LogP contribution in [-0.2, 0) is 28.9 Å². The van der Waals surface area contributed by atoms with E-state index in [1.807, 2.05) is 23.6 Å². The third-order valence-corrected chi connectivity index (χ3v) is 10.1. The molecule has 1 N–H and O–H groups in total. The van der Waals surface area contributed by atoms with Crippen molar-refractivity contribution in [2.75, 3.05) is 33.4 Å². The third-order valence-electron chi connectivity index (χ3n) is 8.09. The molecule has 2 aliphatic heterocycles. The summed E-state index contributed by atoms with van der Waals surface area (Å²) >= 11 is 3.09. The number of carbonyl (C=O) groups excluding carboxylic acids is 2. The molecule has 0 unspecified atom stereocenters. The maximum atomic E-state index is 14.6. The zero-order valence-electron chi connectivity index (χ0n) is 24.5. The molecule has 45 heavy (non-hydrogen) atoms. The molecule has 0 aliphatic carbocycles. The summed E-state index contributed by atoms with van der Waals surface area (Å²) in [6, 6.07) is 12.4. The number of benzene rings is 2. The van der Waals surface area contributed by atoms with Gasteiger partial charge in [-0.1, -0.05) is 12.6 Å². The first kappa shape index (κ1) is 29.3. The van der Waals surface area contributed by atoms with Gasteiger partial charge in [0.1, 0.15) is 28.9 Å². The van der Waals surface area contributed by atoms with Crippen LogP contribution >= 0.6 is 22.7 Å². The van der Waals surface area contributed by atoms with E-state index in [2.05, 4.69) is 18.0 Å². The van der Waals surface area contributed by atoms with Crippen LogP contribution in [0.25, 0.3) is 43.2 Å². The van der Waals surface area contributed by atoms with Gasteiger partial charge in [-0.25, -0.2) is 14.4 Å². The van der Waals surface area contributed by atoms with Gasteiger partial charge in [0.25, 0.3) is 5.91 Å². The van der Waals surface area contributed by atoms with Crippen LogP contribution in [0.15, 0.2) is 60.5 Å². The van der Waals surface area contributed by atoms with E-state index >= 15 is 0 Å². The number of halogens is 1. The zero-order chi connectivity index (χ0) is 31.1. The molecule has 8 nitrogen and oxygen atoms in total. The van der Waals surface area contributed by atoms with Gasteiger partial charge in [0.15, 0.2) is 0 Å². The summed E-state index contributed by atoms with van der Waals surface area (Å²) in [7, 11) is 1.59. The second-order valence-corrected chi connectivity index (χ2v) is 12.8. The molecule has 0 fully saturated rings. The second kappa shape index (κ2) is 12.2. The van der Waals surface area contributed by atoms with E-state index in [4.69, 9.17) is 19.4 Å². The molecule has 2 aromatic carbocycles. The van der Waals surface area contributed by atoms with Gasteiger partial charge in [-0.3, -0.25) is 9.59 Å².